The number of anilines is 1. The third-order valence-electron chi connectivity index (χ3n) is 2.25. The number of hydrogen-bond donors (Lipinski definition) is 1. The van der Waals surface area contributed by atoms with E-state index >= 15 is 0 Å². The average molecular weight is 193 g/mol. The van der Waals surface area contributed by atoms with Crippen molar-refractivity contribution in [2.24, 2.45) is 5.73 Å². The largest absolute Gasteiger partial charge is 0.360 e. The lowest BCUT2D eigenvalue weighted by Gasteiger charge is -2.19. The van der Waals surface area contributed by atoms with E-state index < -0.39 is 0 Å². The van der Waals surface area contributed by atoms with Crippen molar-refractivity contribution in [3.63, 3.8) is 0 Å². The zero-order chi connectivity index (χ0) is 10.6. The molecule has 1 rings (SSSR count). The molecule has 3 heteroatoms. The first-order valence-electron chi connectivity index (χ1n) is 5.05. The van der Waals surface area contributed by atoms with Crippen molar-refractivity contribution in [1.82, 2.24) is 4.98 Å². The van der Waals surface area contributed by atoms with Gasteiger partial charge in [0.25, 0.3) is 0 Å². The van der Waals surface area contributed by atoms with Gasteiger partial charge in [-0.2, -0.15) is 0 Å². The van der Waals surface area contributed by atoms with Crippen molar-refractivity contribution in [3.05, 3.63) is 23.9 Å². The molecule has 78 valence electrons. The van der Waals surface area contributed by atoms with E-state index in [1.165, 1.54) is 5.56 Å². The van der Waals surface area contributed by atoms with Gasteiger partial charge in [-0.25, -0.2) is 4.98 Å². The predicted molar refractivity (Wildman–Crippen MR) is 60.5 cm³/mol. The van der Waals surface area contributed by atoms with Crippen LogP contribution in [0.5, 0.6) is 0 Å². The zero-order valence-corrected chi connectivity index (χ0v) is 9.20. The molecular formula is C11H19N3. The van der Waals surface area contributed by atoms with Gasteiger partial charge in [-0.1, -0.05) is 6.07 Å². The first-order valence-corrected chi connectivity index (χ1v) is 5.05. The average Bonchev–Trinajstić information content (AvgIpc) is 2.16. The Balaban J connectivity index is 2.91. The van der Waals surface area contributed by atoms with Crippen molar-refractivity contribution in [3.8, 4) is 0 Å². The molecule has 1 aromatic heterocycles. The third kappa shape index (κ3) is 2.70. The van der Waals surface area contributed by atoms with E-state index in [4.69, 9.17) is 5.73 Å². The fraction of sp³-hybridized carbons (Fsp3) is 0.545. The molecule has 0 amide bonds. The second kappa shape index (κ2) is 4.96. The number of nitrogens with two attached hydrogens (primary N) is 1. The Morgan fingerprint density at radius 1 is 1.57 bits per heavy atom. The van der Waals surface area contributed by atoms with E-state index in [1.54, 1.807) is 0 Å². The third-order valence-corrected chi connectivity index (χ3v) is 2.25. The van der Waals surface area contributed by atoms with E-state index in [-0.39, 0.29) is 6.04 Å². The molecule has 0 aliphatic heterocycles. The molecule has 1 unspecified atom stereocenters. The molecule has 3 nitrogen and oxygen atoms in total. The lowest BCUT2D eigenvalue weighted by Crippen LogP contribution is -2.23. The van der Waals surface area contributed by atoms with Crippen LogP contribution >= 0.6 is 0 Å². The Bertz CT molecular complexity index is 284. The monoisotopic (exact) mass is 193 g/mol. The normalized spacial score (nSPS) is 12.6. The molecule has 0 aliphatic rings. The molecule has 0 radical (unpaired) electrons. The number of nitrogens with zero attached hydrogens (tertiary/aromatic N) is 2. The molecule has 0 saturated heterocycles. The summed E-state index contributed by atoms with van der Waals surface area (Å²) in [5.74, 6) is 1.05. The van der Waals surface area contributed by atoms with Crippen LogP contribution < -0.4 is 10.6 Å². The van der Waals surface area contributed by atoms with Gasteiger partial charge in [-0.3, -0.25) is 0 Å². The van der Waals surface area contributed by atoms with E-state index in [1.807, 2.05) is 26.2 Å². The summed E-state index contributed by atoms with van der Waals surface area (Å²) in [5.41, 5.74) is 7.02. The second-order valence-electron chi connectivity index (χ2n) is 3.68. The van der Waals surface area contributed by atoms with Crippen LogP contribution in [-0.2, 0) is 6.42 Å². The van der Waals surface area contributed by atoms with Crippen LogP contribution in [0.15, 0.2) is 18.3 Å². The zero-order valence-electron chi connectivity index (χ0n) is 9.20. The van der Waals surface area contributed by atoms with E-state index in [2.05, 4.69) is 22.9 Å². The number of pyridine rings is 1. The number of rotatable bonds is 4. The first-order chi connectivity index (χ1) is 6.65. The van der Waals surface area contributed by atoms with E-state index in [0.717, 1.165) is 18.8 Å². The van der Waals surface area contributed by atoms with Gasteiger partial charge in [0.1, 0.15) is 5.82 Å². The Morgan fingerprint density at radius 3 is 2.86 bits per heavy atom. The van der Waals surface area contributed by atoms with Crippen LogP contribution in [-0.4, -0.2) is 24.6 Å². The van der Waals surface area contributed by atoms with Crippen LogP contribution in [0, 0.1) is 0 Å². The lowest BCUT2D eigenvalue weighted by molar-refractivity contribution is 0.731. The fourth-order valence-corrected chi connectivity index (χ4v) is 1.43. The Labute approximate surface area is 85.9 Å². The molecule has 0 aromatic carbocycles. The van der Waals surface area contributed by atoms with Crippen LogP contribution in [0.25, 0.3) is 0 Å². The maximum Gasteiger partial charge on any atom is 0.131 e. The molecule has 2 N–H and O–H groups in total. The van der Waals surface area contributed by atoms with Crippen LogP contribution in [0.4, 0.5) is 5.82 Å². The molecule has 0 bridgehead atoms. The lowest BCUT2D eigenvalue weighted by atomic mass is 10.1. The number of hydrogen-bond acceptors (Lipinski definition) is 3. The molecule has 0 saturated carbocycles. The van der Waals surface area contributed by atoms with Gasteiger partial charge < -0.3 is 10.6 Å². The van der Waals surface area contributed by atoms with Crippen molar-refractivity contribution in [2.75, 3.05) is 18.5 Å². The summed E-state index contributed by atoms with van der Waals surface area (Å²) in [6, 6.07) is 4.24. The quantitative estimate of drug-likeness (QED) is 0.786. The molecule has 1 aromatic rings. The van der Waals surface area contributed by atoms with E-state index in [9.17, 15) is 0 Å². The highest BCUT2D eigenvalue weighted by atomic mass is 15.2. The molecule has 14 heavy (non-hydrogen) atoms. The van der Waals surface area contributed by atoms with Gasteiger partial charge >= 0.3 is 0 Å². The summed E-state index contributed by atoms with van der Waals surface area (Å²) in [6.07, 6.45) is 2.71. The smallest absolute Gasteiger partial charge is 0.131 e. The summed E-state index contributed by atoms with van der Waals surface area (Å²) in [5, 5.41) is 0. The fourth-order valence-electron chi connectivity index (χ4n) is 1.43. The first kappa shape index (κ1) is 11.0. The van der Waals surface area contributed by atoms with E-state index in [0.29, 0.717) is 0 Å². The summed E-state index contributed by atoms with van der Waals surface area (Å²) in [6.45, 7) is 5.09. The minimum Gasteiger partial charge on any atom is -0.360 e. The summed E-state index contributed by atoms with van der Waals surface area (Å²) in [4.78, 5) is 6.51. The van der Waals surface area contributed by atoms with Crippen molar-refractivity contribution < 1.29 is 0 Å². The highest BCUT2D eigenvalue weighted by molar-refractivity contribution is 5.46. The number of aromatic nitrogens is 1. The molecular weight excluding hydrogens is 174 g/mol. The highest BCUT2D eigenvalue weighted by Gasteiger charge is 2.08. The van der Waals surface area contributed by atoms with Crippen molar-refractivity contribution in [1.29, 1.82) is 0 Å². The topological polar surface area (TPSA) is 42.2 Å². The molecule has 0 aliphatic carbocycles. The Hall–Kier alpha value is -1.09. The van der Waals surface area contributed by atoms with Crippen LogP contribution in [0.2, 0.25) is 0 Å². The maximum absolute atomic E-state index is 5.79. The molecule has 0 fully saturated rings. The van der Waals surface area contributed by atoms with Crippen molar-refractivity contribution >= 4 is 5.82 Å². The molecule has 0 spiro atoms. The predicted octanol–water partition coefficient (Wildman–Crippen LogP) is 1.43. The molecule has 1 heterocycles. The van der Waals surface area contributed by atoms with Gasteiger partial charge in [-0.05, 0) is 31.9 Å². The Kier molecular flexibility index (Phi) is 3.89. The molecule has 1 atom stereocenters. The van der Waals surface area contributed by atoms with Gasteiger partial charge in [0.2, 0.25) is 0 Å². The van der Waals surface area contributed by atoms with Crippen LogP contribution in [0.3, 0.4) is 0 Å². The SMILES string of the molecule is CCN(C)c1ncccc1CC(C)N. The minimum absolute atomic E-state index is 0.184. The Morgan fingerprint density at radius 2 is 2.29 bits per heavy atom. The van der Waals surface area contributed by atoms with Crippen LogP contribution in [0.1, 0.15) is 19.4 Å². The maximum atomic E-state index is 5.79. The summed E-state index contributed by atoms with van der Waals surface area (Å²) < 4.78 is 0. The van der Waals surface area contributed by atoms with Gasteiger partial charge in [0.05, 0.1) is 0 Å². The summed E-state index contributed by atoms with van der Waals surface area (Å²) in [7, 11) is 2.05. The minimum atomic E-state index is 0.184. The second-order valence-corrected chi connectivity index (χ2v) is 3.68. The summed E-state index contributed by atoms with van der Waals surface area (Å²) >= 11 is 0. The van der Waals surface area contributed by atoms with Crippen molar-refractivity contribution in [2.45, 2.75) is 26.3 Å². The van der Waals surface area contributed by atoms with Gasteiger partial charge in [0.15, 0.2) is 0 Å². The highest BCUT2D eigenvalue weighted by Crippen LogP contribution is 2.16. The standard InChI is InChI=1S/C11H19N3/c1-4-14(3)11-10(8-9(2)12)6-5-7-13-11/h5-7,9H,4,8,12H2,1-3H3. The van der Waals surface area contributed by atoms with Gasteiger partial charge in [0, 0.05) is 25.8 Å². The van der Waals surface area contributed by atoms with Gasteiger partial charge in [-0.15, -0.1) is 0 Å².